The number of amides is 1. The highest BCUT2D eigenvalue weighted by Gasteiger charge is 2.14. The topological polar surface area (TPSA) is 71.1 Å². The van der Waals surface area contributed by atoms with Gasteiger partial charge in [-0.15, -0.1) is 0 Å². The molecule has 0 aliphatic heterocycles. The summed E-state index contributed by atoms with van der Waals surface area (Å²) in [5.41, 5.74) is 0.578. The average Bonchev–Trinajstić information content (AvgIpc) is 2.90. The number of halogens is 1. The zero-order valence-electron chi connectivity index (χ0n) is 10.6. The fourth-order valence-corrected chi connectivity index (χ4v) is 2.16. The van der Waals surface area contributed by atoms with Crippen molar-refractivity contribution in [2.45, 2.75) is 6.54 Å². The maximum absolute atomic E-state index is 12.2. The van der Waals surface area contributed by atoms with Crippen LogP contribution in [-0.2, 0) is 6.54 Å². The molecule has 0 saturated heterocycles. The molecule has 0 atom stereocenters. The SMILES string of the molecule is COc1ccc(C(=O)N(C)Cc2ncn[nH]2)cc1Br. The monoisotopic (exact) mass is 324 g/mol. The fraction of sp³-hybridized carbons (Fsp3) is 0.250. The summed E-state index contributed by atoms with van der Waals surface area (Å²) in [6.07, 6.45) is 1.41. The lowest BCUT2D eigenvalue weighted by Crippen LogP contribution is -2.26. The molecule has 2 rings (SSSR count). The second kappa shape index (κ2) is 5.83. The number of ether oxygens (including phenoxy) is 1. The molecule has 7 heteroatoms. The molecule has 0 aliphatic carbocycles. The molecule has 6 nitrogen and oxygen atoms in total. The van der Waals surface area contributed by atoms with Gasteiger partial charge in [-0.3, -0.25) is 9.89 Å². The summed E-state index contributed by atoms with van der Waals surface area (Å²) in [4.78, 5) is 17.8. The number of hydrogen-bond acceptors (Lipinski definition) is 4. The Kier molecular flexibility index (Phi) is 4.16. The number of hydrogen-bond donors (Lipinski definition) is 1. The van der Waals surface area contributed by atoms with Gasteiger partial charge in [-0.25, -0.2) is 4.98 Å². The van der Waals surface area contributed by atoms with E-state index < -0.39 is 0 Å². The molecule has 0 spiro atoms. The van der Waals surface area contributed by atoms with Gasteiger partial charge in [0.05, 0.1) is 18.1 Å². The van der Waals surface area contributed by atoms with Gasteiger partial charge in [0, 0.05) is 12.6 Å². The summed E-state index contributed by atoms with van der Waals surface area (Å²) in [6.45, 7) is 0.377. The van der Waals surface area contributed by atoms with Crippen molar-refractivity contribution in [1.82, 2.24) is 20.1 Å². The van der Waals surface area contributed by atoms with E-state index in [2.05, 4.69) is 31.1 Å². The number of aromatic amines is 1. The second-order valence-electron chi connectivity index (χ2n) is 3.94. The Morgan fingerprint density at radius 1 is 1.53 bits per heavy atom. The molecule has 0 saturated carbocycles. The number of methoxy groups -OCH3 is 1. The van der Waals surface area contributed by atoms with Crippen LogP contribution >= 0.6 is 15.9 Å². The molecule has 2 aromatic rings. The lowest BCUT2D eigenvalue weighted by molar-refractivity contribution is 0.0781. The third-order valence-corrected chi connectivity index (χ3v) is 3.22. The van der Waals surface area contributed by atoms with Gasteiger partial charge < -0.3 is 9.64 Å². The van der Waals surface area contributed by atoms with Crippen LogP contribution in [0.2, 0.25) is 0 Å². The van der Waals surface area contributed by atoms with Crippen LogP contribution in [0.5, 0.6) is 5.75 Å². The first kappa shape index (κ1) is 13.5. The molecule has 0 fully saturated rings. The van der Waals surface area contributed by atoms with Gasteiger partial charge in [-0.05, 0) is 34.1 Å². The molecule has 1 amide bonds. The highest BCUT2D eigenvalue weighted by molar-refractivity contribution is 9.10. The number of benzene rings is 1. The molecule has 1 N–H and O–H groups in total. The summed E-state index contributed by atoms with van der Waals surface area (Å²) in [5, 5.41) is 6.47. The summed E-state index contributed by atoms with van der Waals surface area (Å²) in [7, 11) is 3.29. The molecule has 1 aromatic carbocycles. The van der Waals surface area contributed by atoms with Crippen LogP contribution in [0.4, 0.5) is 0 Å². The fourth-order valence-electron chi connectivity index (χ4n) is 1.62. The molecule has 1 aromatic heterocycles. The van der Waals surface area contributed by atoms with Gasteiger partial charge in [-0.2, -0.15) is 5.10 Å². The summed E-state index contributed by atoms with van der Waals surface area (Å²) < 4.78 is 5.87. The molecule has 0 bridgehead atoms. The van der Waals surface area contributed by atoms with Crippen LogP contribution in [0.25, 0.3) is 0 Å². The number of carbonyl (C=O) groups is 1. The number of H-pyrrole nitrogens is 1. The van der Waals surface area contributed by atoms with Crippen molar-refractivity contribution >= 4 is 21.8 Å². The summed E-state index contributed by atoms with van der Waals surface area (Å²) >= 11 is 3.36. The van der Waals surface area contributed by atoms with Crippen LogP contribution in [0.1, 0.15) is 16.2 Å². The smallest absolute Gasteiger partial charge is 0.254 e. The van der Waals surface area contributed by atoms with Gasteiger partial charge >= 0.3 is 0 Å². The summed E-state index contributed by atoms with van der Waals surface area (Å²) in [5.74, 6) is 1.23. The Labute approximate surface area is 118 Å². The summed E-state index contributed by atoms with van der Waals surface area (Å²) in [6, 6.07) is 5.21. The van der Waals surface area contributed by atoms with Crippen molar-refractivity contribution in [3.8, 4) is 5.75 Å². The van der Waals surface area contributed by atoms with E-state index in [0.29, 0.717) is 23.7 Å². The van der Waals surface area contributed by atoms with Crippen molar-refractivity contribution in [3.63, 3.8) is 0 Å². The Bertz CT molecular complexity index is 571. The molecular formula is C12H13BrN4O2. The molecule has 0 radical (unpaired) electrons. The van der Waals surface area contributed by atoms with E-state index in [1.54, 1.807) is 37.3 Å². The number of carbonyl (C=O) groups excluding carboxylic acids is 1. The minimum atomic E-state index is -0.0975. The lowest BCUT2D eigenvalue weighted by Gasteiger charge is -2.16. The second-order valence-corrected chi connectivity index (χ2v) is 4.80. The van der Waals surface area contributed by atoms with Crippen LogP contribution < -0.4 is 4.74 Å². The van der Waals surface area contributed by atoms with Gasteiger partial charge in [0.2, 0.25) is 0 Å². The predicted octanol–water partition coefficient (Wildman–Crippen LogP) is 1.85. The van der Waals surface area contributed by atoms with E-state index in [0.717, 1.165) is 4.47 Å². The van der Waals surface area contributed by atoms with Crippen molar-refractivity contribution in [3.05, 3.63) is 40.4 Å². The van der Waals surface area contributed by atoms with Gasteiger partial charge in [-0.1, -0.05) is 0 Å². The number of aromatic nitrogens is 3. The Balaban J connectivity index is 2.12. The van der Waals surface area contributed by atoms with Gasteiger partial charge in [0.25, 0.3) is 5.91 Å². The van der Waals surface area contributed by atoms with Crippen molar-refractivity contribution in [2.75, 3.05) is 14.2 Å². The number of rotatable bonds is 4. The molecular weight excluding hydrogens is 312 g/mol. The molecule has 19 heavy (non-hydrogen) atoms. The first-order chi connectivity index (χ1) is 9.11. The normalized spacial score (nSPS) is 10.3. The molecule has 0 unspecified atom stereocenters. The third kappa shape index (κ3) is 3.11. The average molecular weight is 325 g/mol. The van der Waals surface area contributed by atoms with Crippen LogP contribution in [0.15, 0.2) is 29.0 Å². The molecule has 100 valence electrons. The molecule has 1 heterocycles. The van der Waals surface area contributed by atoms with Gasteiger partial charge in [0.1, 0.15) is 17.9 Å². The van der Waals surface area contributed by atoms with E-state index in [9.17, 15) is 4.79 Å². The minimum Gasteiger partial charge on any atom is -0.496 e. The van der Waals surface area contributed by atoms with Crippen molar-refractivity contribution in [2.24, 2.45) is 0 Å². The van der Waals surface area contributed by atoms with Gasteiger partial charge in [0.15, 0.2) is 0 Å². The van der Waals surface area contributed by atoms with Crippen LogP contribution in [-0.4, -0.2) is 40.1 Å². The third-order valence-electron chi connectivity index (χ3n) is 2.60. The Morgan fingerprint density at radius 2 is 2.32 bits per heavy atom. The van der Waals surface area contributed by atoms with E-state index in [4.69, 9.17) is 4.74 Å². The van der Waals surface area contributed by atoms with Crippen LogP contribution in [0.3, 0.4) is 0 Å². The Hall–Kier alpha value is -1.89. The standard InChI is InChI=1S/C12H13BrN4O2/c1-17(6-11-14-7-15-16-11)12(18)8-3-4-10(19-2)9(13)5-8/h3-5,7H,6H2,1-2H3,(H,14,15,16). The first-order valence-electron chi connectivity index (χ1n) is 5.55. The van der Waals surface area contributed by atoms with Crippen molar-refractivity contribution < 1.29 is 9.53 Å². The van der Waals surface area contributed by atoms with Crippen LogP contribution in [0, 0.1) is 0 Å². The van der Waals surface area contributed by atoms with E-state index in [1.807, 2.05) is 0 Å². The minimum absolute atomic E-state index is 0.0975. The quantitative estimate of drug-likeness (QED) is 0.931. The van der Waals surface area contributed by atoms with E-state index >= 15 is 0 Å². The Morgan fingerprint density at radius 3 is 2.89 bits per heavy atom. The predicted molar refractivity (Wildman–Crippen MR) is 72.9 cm³/mol. The zero-order chi connectivity index (χ0) is 13.8. The van der Waals surface area contributed by atoms with E-state index in [-0.39, 0.29) is 5.91 Å². The highest BCUT2D eigenvalue weighted by Crippen LogP contribution is 2.26. The highest BCUT2D eigenvalue weighted by atomic mass is 79.9. The number of nitrogens with zero attached hydrogens (tertiary/aromatic N) is 3. The van der Waals surface area contributed by atoms with Crippen molar-refractivity contribution in [1.29, 1.82) is 0 Å². The zero-order valence-corrected chi connectivity index (χ0v) is 12.1. The maximum atomic E-state index is 12.2. The lowest BCUT2D eigenvalue weighted by atomic mass is 10.2. The number of nitrogens with one attached hydrogen (secondary N) is 1. The largest absolute Gasteiger partial charge is 0.496 e. The first-order valence-corrected chi connectivity index (χ1v) is 6.34. The van der Waals surface area contributed by atoms with E-state index in [1.165, 1.54) is 6.33 Å². The molecule has 0 aliphatic rings. The maximum Gasteiger partial charge on any atom is 0.254 e.